The van der Waals surface area contributed by atoms with Gasteiger partial charge in [0.15, 0.2) is 0 Å². The molecule has 0 spiro atoms. The van der Waals surface area contributed by atoms with Gasteiger partial charge in [-0.25, -0.2) is 0 Å². The summed E-state index contributed by atoms with van der Waals surface area (Å²) < 4.78 is 4.59. The zero-order chi connectivity index (χ0) is 13.7. The first-order valence-electron chi connectivity index (χ1n) is 7.05. The second-order valence-electron chi connectivity index (χ2n) is 5.98. The minimum atomic E-state index is -0.284. The first-order valence-corrected chi connectivity index (χ1v) is 7.05. The first-order chi connectivity index (χ1) is 8.45. The van der Waals surface area contributed by atoms with Crippen molar-refractivity contribution in [2.75, 3.05) is 7.11 Å². The van der Waals surface area contributed by atoms with Crippen molar-refractivity contribution in [3.63, 3.8) is 0 Å². The molecule has 0 radical (unpaired) electrons. The topological polar surface area (TPSA) is 43.4 Å². The molecule has 0 heterocycles. The number of methoxy groups -OCH3 is 1. The lowest BCUT2D eigenvalue weighted by molar-refractivity contribution is -0.142. The Labute approximate surface area is 110 Å². The maximum atomic E-state index is 12.3. The lowest BCUT2D eigenvalue weighted by atomic mass is 9.68. The minimum Gasteiger partial charge on any atom is -0.469 e. The molecule has 0 aromatic rings. The van der Waals surface area contributed by atoms with Crippen LogP contribution in [0.5, 0.6) is 0 Å². The molecule has 0 amide bonds. The largest absolute Gasteiger partial charge is 0.469 e. The van der Waals surface area contributed by atoms with E-state index in [0.29, 0.717) is 24.2 Å². The SMILES string of the molecule is COC(=O)CCC(=O)[C@@H]1C[C@H](C)CC[C@H]1C(C)C. The summed E-state index contributed by atoms with van der Waals surface area (Å²) in [7, 11) is 1.37. The molecular formula is C15H26O3. The van der Waals surface area contributed by atoms with Crippen LogP contribution >= 0.6 is 0 Å². The van der Waals surface area contributed by atoms with E-state index in [9.17, 15) is 9.59 Å². The maximum Gasteiger partial charge on any atom is 0.305 e. The van der Waals surface area contributed by atoms with E-state index < -0.39 is 0 Å². The van der Waals surface area contributed by atoms with Crippen LogP contribution in [-0.2, 0) is 14.3 Å². The summed E-state index contributed by atoms with van der Waals surface area (Å²) in [6.07, 6.45) is 3.93. The third-order valence-corrected chi connectivity index (χ3v) is 4.24. The summed E-state index contributed by atoms with van der Waals surface area (Å²) in [6.45, 7) is 6.61. The summed E-state index contributed by atoms with van der Waals surface area (Å²) in [4.78, 5) is 23.4. The highest BCUT2D eigenvalue weighted by molar-refractivity contribution is 5.85. The smallest absolute Gasteiger partial charge is 0.305 e. The number of carbonyl (C=O) groups excluding carboxylic acids is 2. The van der Waals surface area contributed by atoms with Crippen molar-refractivity contribution in [2.24, 2.45) is 23.7 Å². The Hall–Kier alpha value is -0.860. The zero-order valence-corrected chi connectivity index (χ0v) is 12.1. The standard InChI is InChI=1S/C15H26O3/c1-10(2)12-6-5-11(3)9-13(12)14(16)7-8-15(17)18-4/h10-13H,5-9H2,1-4H3/t11-,12+,13-/m1/s1. The van der Waals surface area contributed by atoms with Gasteiger partial charge in [-0.2, -0.15) is 0 Å². The molecule has 0 bridgehead atoms. The number of hydrogen-bond acceptors (Lipinski definition) is 3. The van der Waals surface area contributed by atoms with Crippen LogP contribution in [0.4, 0.5) is 0 Å². The van der Waals surface area contributed by atoms with Gasteiger partial charge in [-0.1, -0.05) is 27.2 Å². The van der Waals surface area contributed by atoms with Crippen LogP contribution in [0.25, 0.3) is 0 Å². The second-order valence-corrected chi connectivity index (χ2v) is 5.98. The van der Waals surface area contributed by atoms with Crippen LogP contribution in [0.2, 0.25) is 0 Å². The lowest BCUT2D eigenvalue weighted by Crippen LogP contribution is -2.33. The number of carbonyl (C=O) groups is 2. The number of esters is 1. The third-order valence-electron chi connectivity index (χ3n) is 4.24. The van der Waals surface area contributed by atoms with Gasteiger partial charge < -0.3 is 4.74 Å². The zero-order valence-electron chi connectivity index (χ0n) is 12.1. The Morgan fingerprint density at radius 2 is 1.89 bits per heavy atom. The average Bonchev–Trinajstić information content (AvgIpc) is 2.34. The van der Waals surface area contributed by atoms with Crippen molar-refractivity contribution >= 4 is 11.8 Å². The van der Waals surface area contributed by atoms with E-state index in [1.54, 1.807) is 0 Å². The maximum absolute atomic E-state index is 12.3. The molecule has 1 saturated carbocycles. The van der Waals surface area contributed by atoms with Crippen LogP contribution < -0.4 is 0 Å². The van der Waals surface area contributed by atoms with Gasteiger partial charge in [0.25, 0.3) is 0 Å². The fourth-order valence-electron chi connectivity index (χ4n) is 3.09. The van der Waals surface area contributed by atoms with Crippen molar-refractivity contribution in [3.8, 4) is 0 Å². The molecule has 104 valence electrons. The van der Waals surface area contributed by atoms with E-state index in [4.69, 9.17) is 0 Å². The highest BCUT2D eigenvalue weighted by Gasteiger charge is 2.34. The predicted octanol–water partition coefficient (Wildman–Crippen LogP) is 3.22. The van der Waals surface area contributed by atoms with Crippen LogP contribution in [0.15, 0.2) is 0 Å². The summed E-state index contributed by atoms with van der Waals surface area (Å²) in [5.74, 6) is 1.79. The number of Topliss-reactive ketones (excluding diaryl/α,β-unsaturated/α-hetero) is 1. The van der Waals surface area contributed by atoms with Crippen molar-refractivity contribution in [1.29, 1.82) is 0 Å². The summed E-state index contributed by atoms with van der Waals surface area (Å²) in [5, 5.41) is 0. The molecule has 18 heavy (non-hydrogen) atoms. The Kier molecular flexibility index (Phi) is 5.83. The van der Waals surface area contributed by atoms with Gasteiger partial charge in [0.1, 0.15) is 5.78 Å². The highest BCUT2D eigenvalue weighted by Crippen LogP contribution is 2.39. The van der Waals surface area contributed by atoms with E-state index in [-0.39, 0.29) is 24.1 Å². The number of ketones is 1. The molecule has 0 aliphatic heterocycles. The molecular weight excluding hydrogens is 228 g/mol. The third kappa shape index (κ3) is 4.11. The van der Waals surface area contributed by atoms with E-state index in [2.05, 4.69) is 25.5 Å². The average molecular weight is 254 g/mol. The fourth-order valence-corrected chi connectivity index (χ4v) is 3.09. The van der Waals surface area contributed by atoms with E-state index >= 15 is 0 Å². The molecule has 0 N–H and O–H groups in total. The van der Waals surface area contributed by atoms with Gasteiger partial charge in [-0.3, -0.25) is 9.59 Å². The van der Waals surface area contributed by atoms with Crippen LogP contribution in [-0.4, -0.2) is 18.9 Å². The molecule has 0 aromatic carbocycles. The molecule has 1 fully saturated rings. The van der Waals surface area contributed by atoms with Crippen molar-refractivity contribution < 1.29 is 14.3 Å². The molecule has 3 nitrogen and oxygen atoms in total. The predicted molar refractivity (Wildman–Crippen MR) is 71.1 cm³/mol. The number of ether oxygens (including phenoxy) is 1. The second kappa shape index (κ2) is 6.91. The quantitative estimate of drug-likeness (QED) is 0.707. The summed E-state index contributed by atoms with van der Waals surface area (Å²) in [6, 6.07) is 0. The molecule has 3 heteroatoms. The van der Waals surface area contributed by atoms with E-state index in [1.165, 1.54) is 13.5 Å². The van der Waals surface area contributed by atoms with Gasteiger partial charge in [0.2, 0.25) is 0 Å². The highest BCUT2D eigenvalue weighted by atomic mass is 16.5. The summed E-state index contributed by atoms with van der Waals surface area (Å²) >= 11 is 0. The Morgan fingerprint density at radius 3 is 2.44 bits per heavy atom. The normalized spacial score (nSPS) is 28.2. The van der Waals surface area contributed by atoms with Crippen LogP contribution in [0.1, 0.15) is 52.9 Å². The number of rotatable bonds is 5. The van der Waals surface area contributed by atoms with Gasteiger partial charge in [0, 0.05) is 12.3 Å². The van der Waals surface area contributed by atoms with Gasteiger partial charge in [0.05, 0.1) is 13.5 Å². The van der Waals surface area contributed by atoms with Gasteiger partial charge in [-0.05, 0) is 30.6 Å². The van der Waals surface area contributed by atoms with Gasteiger partial charge in [-0.15, -0.1) is 0 Å². The lowest BCUT2D eigenvalue weighted by Gasteiger charge is -2.36. The molecule has 1 rings (SSSR count). The molecule has 1 aliphatic carbocycles. The number of hydrogen-bond donors (Lipinski definition) is 0. The minimum absolute atomic E-state index is 0.151. The molecule has 1 aliphatic rings. The molecule has 0 saturated heterocycles. The summed E-state index contributed by atoms with van der Waals surface area (Å²) in [5.41, 5.74) is 0. The van der Waals surface area contributed by atoms with Crippen molar-refractivity contribution in [2.45, 2.75) is 52.9 Å². The molecule has 0 aromatic heterocycles. The Bertz CT molecular complexity index is 296. The Morgan fingerprint density at radius 1 is 1.22 bits per heavy atom. The van der Waals surface area contributed by atoms with Crippen molar-refractivity contribution in [1.82, 2.24) is 0 Å². The first kappa shape index (κ1) is 15.2. The van der Waals surface area contributed by atoms with Crippen LogP contribution in [0, 0.1) is 23.7 Å². The molecule has 0 unspecified atom stereocenters. The fraction of sp³-hybridized carbons (Fsp3) is 0.867. The van der Waals surface area contributed by atoms with E-state index in [1.807, 2.05) is 0 Å². The van der Waals surface area contributed by atoms with E-state index in [0.717, 1.165) is 12.8 Å². The Balaban J connectivity index is 2.58. The van der Waals surface area contributed by atoms with Gasteiger partial charge >= 0.3 is 5.97 Å². The van der Waals surface area contributed by atoms with Crippen molar-refractivity contribution in [3.05, 3.63) is 0 Å². The molecule has 3 atom stereocenters. The monoisotopic (exact) mass is 254 g/mol. The van der Waals surface area contributed by atoms with Crippen LogP contribution in [0.3, 0.4) is 0 Å².